The van der Waals surface area contributed by atoms with Gasteiger partial charge in [0.15, 0.2) is 0 Å². The summed E-state index contributed by atoms with van der Waals surface area (Å²) in [5.74, 6) is -1.33. The van der Waals surface area contributed by atoms with Gasteiger partial charge in [-0.2, -0.15) is 0 Å². The van der Waals surface area contributed by atoms with Crippen molar-refractivity contribution in [3.05, 3.63) is 72.8 Å². The zero-order valence-electron chi connectivity index (χ0n) is 17.7. The average molecular weight is 411 g/mol. The summed E-state index contributed by atoms with van der Waals surface area (Å²) in [6.45, 7) is 7.34. The average Bonchev–Trinajstić information content (AvgIpc) is 3.10. The molecule has 1 atom stereocenters. The van der Waals surface area contributed by atoms with Crippen molar-refractivity contribution in [1.82, 2.24) is 0 Å². The van der Waals surface area contributed by atoms with Crippen LogP contribution in [-0.2, 0) is 18.7 Å². The normalized spacial score (nSPS) is 19.4. The Morgan fingerprint density at radius 2 is 1.52 bits per heavy atom. The first-order valence-corrected chi connectivity index (χ1v) is 12.0. The Kier molecular flexibility index (Phi) is 6.41. The van der Waals surface area contributed by atoms with Gasteiger partial charge in [0, 0.05) is 26.2 Å². The van der Waals surface area contributed by atoms with Gasteiger partial charge in [0.2, 0.25) is 5.79 Å². The summed E-state index contributed by atoms with van der Waals surface area (Å²) in [5.41, 5.74) is 0. The number of carbonyl (C=O) groups is 1. The molecule has 0 fully saturated rings. The molecule has 29 heavy (non-hydrogen) atoms. The van der Waals surface area contributed by atoms with E-state index in [1.165, 1.54) is 16.4 Å². The zero-order valence-corrected chi connectivity index (χ0v) is 18.7. The van der Waals surface area contributed by atoms with Gasteiger partial charge in [-0.05, 0) is 27.9 Å². The quantitative estimate of drug-likeness (QED) is 0.377. The van der Waals surface area contributed by atoms with Gasteiger partial charge in [-0.15, -0.1) is 0 Å². The van der Waals surface area contributed by atoms with Crippen molar-refractivity contribution in [3.63, 3.8) is 0 Å². The van der Waals surface area contributed by atoms with E-state index in [9.17, 15) is 4.79 Å². The number of cyclic esters (lactones) is 1. The van der Waals surface area contributed by atoms with E-state index in [0.717, 1.165) is 6.42 Å². The van der Waals surface area contributed by atoms with Crippen LogP contribution in [0, 0.1) is 0 Å². The molecule has 0 spiro atoms. The largest absolute Gasteiger partial charge is 0.426 e. The summed E-state index contributed by atoms with van der Waals surface area (Å²) in [7, 11) is -0.979. The van der Waals surface area contributed by atoms with Crippen LogP contribution in [0.25, 0.3) is 0 Å². The van der Waals surface area contributed by atoms with E-state index in [2.05, 4.69) is 69.3 Å². The minimum atomic E-state index is -2.54. The monoisotopic (exact) mass is 410 g/mol. The van der Waals surface area contributed by atoms with Crippen LogP contribution in [0.1, 0.15) is 33.6 Å². The maximum atomic E-state index is 11.5. The molecule has 5 heteroatoms. The number of carbonyl (C=O) groups excluding carboxylic acids is 1. The second-order valence-electron chi connectivity index (χ2n) is 8.39. The summed E-state index contributed by atoms with van der Waals surface area (Å²) in [4.78, 5) is 11.5. The lowest BCUT2D eigenvalue weighted by Crippen LogP contribution is -2.66. The molecule has 2 aromatic rings. The molecular formula is C24H30O4Si. The minimum absolute atomic E-state index is 0.0611. The summed E-state index contributed by atoms with van der Waals surface area (Å²) >= 11 is 0. The Morgan fingerprint density at radius 1 is 0.966 bits per heavy atom. The number of esters is 1. The fraction of sp³-hybridized carbons (Fsp3) is 0.375. The molecule has 154 valence electrons. The van der Waals surface area contributed by atoms with Gasteiger partial charge in [-0.1, -0.05) is 81.4 Å². The molecule has 0 radical (unpaired) electrons. The van der Waals surface area contributed by atoms with Gasteiger partial charge in [-0.25, -0.2) is 4.79 Å². The molecule has 0 aliphatic carbocycles. The van der Waals surface area contributed by atoms with Crippen molar-refractivity contribution in [2.75, 3.05) is 13.7 Å². The molecule has 1 unspecified atom stereocenters. The van der Waals surface area contributed by atoms with Crippen LogP contribution in [0.4, 0.5) is 0 Å². The molecule has 4 nitrogen and oxygen atoms in total. The van der Waals surface area contributed by atoms with Crippen molar-refractivity contribution in [2.45, 2.75) is 44.4 Å². The predicted octanol–water partition coefficient (Wildman–Crippen LogP) is 3.80. The van der Waals surface area contributed by atoms with E-state index in [-0.39, 0.29) is 11.0 Å². The summed E-state index contributed by atoms with van der Waals surface area (Å²) in [6.07, 6.45) is 4.39. The van der Waals surface area contributed by atoms with Crippen molar-refractivity contribution >= 4 is 24.7 Å². The highest BCUT2D eigenvalue weighted by Gasteiger charge is 2.50. The van der Waals surface area contributed by atoms with Gasteiger partial charge in [0.1, 0.15) is 0 Å². The van der Waals surface area contributed by atoms with Crippen LogP contribution in [0.2, 0.25) is 5.04 Å². The third-order valence-electron chi connectivity index (χ3n) is 5.50. The maximum absolute atomic E-state index is 11.5. The number of benzene rings is 2. The number of methoxy groups -OCH3 is 1. The molecular weight excluding hydrogens is 380 g/mol. The van der Waals surface area contributed by atoms with Gasteiger partial charge >= 0.3 is 5.97 Å². The molecule has 0 amide bonds. The first kappa shape index (κ1) is 21.5. The lowest BCUT2D eigenvalue weighted by Gasteiger charge is -2.43. The van der Waals surface area contributed by atoms with E-state index >= 15 is 0 Å². The fourth-order valence-electron chi connectivity index (χ4n) is 4.08. The van der Waals surface area contributed by atoms with E-state index in [1.54, 1.807) is 13.2 Å². The fourth-order valence-corrected chi connectivity index (χ4v) is 8.69. The van der Waals surface area contributed by atoms with Crippen molar-refractivity contribution in [1.29, 1.82) is 0 Å². The Balaban J connectivity index is 1.86. The first-order chi connectivity index (χ1) is 13.8. The molecule has 0 N–H and O–H groups in total. The lowest BCUT2D eigenvalue weighted by atomic mass is 10.1. The van der Waals surface area contributed by atoms with Crippen LogP contribution >= 0.6 is 0 Å². The zero-order chi connectivity index (χ0) is 21.0. The van der Waals surface area contributed by atoms with Gasteiger partial charge in [-0.3, -0.25) is 0 Å². The number of hydrogen-bond donors (Lipinski definition) is 0. The number of rotatable bonds is 8. The maximum Gasteiger partial charge on any atom is 0.333 e. The van der Waals surface area contributed by atoms with Gasteiger partial charge in [0.05, 0.1) is 0 Å². The van der Waals surface area contributed by atoms with Gasteiger partial charge in [0.25, 0.3) is 8.32 Å². The molecule has 0 saturated heterocycles. The van der Waals surface area contributed by atoms with E-state index < -0.39 is 14.1 Å². The molecule has 1 heterocycles. The molecule has 0 saturated carbocycles. The Hall–Kier alpha value is -2.21. The van der Waals surface area contributed by atoms with Crippen LogP contribution in [0.5, 0.6) is 0 Å². The highest BCUT2D eigenvalue weighted by molar-refractivity contribution is 6.99. The standard InChI is InChI=1S/C24H30O4Si/c1-23(2,3)29(20-12-7-5-8-13-20,21-14-9-6-10-15-21)27-19-11-17-24(26-4)18-16-22(25)28-24/h5-10,12-16,18H,11,17,19H2,1-4H3. The van der Waals surface area contributed by atoms with E-state index in [0.29, 0.717) is 13.0 Å². The van der Waals surface area contributed by atoms with Crippen molar-refractivity contribution in [3.8, 4) is 0 Å². The summed E-state index contributed by atoms with van der Waals surface area (Å²) in [5, 5.41) is 2.45. The predicted molar refractivity (Wildman–Crippen MR) is 118 cm³/mol. The smallest absolute Gasteiger partial charge is 0.333 e. The SMILES string of the molecule is COC1(CCCO[Si](c2ccccc2)(c2ccccc2)C(C)(C)C)C=CC(=O)O1. The molecule has 3 rings (SSSR count). The second kappa shape index (κ2) is 8.65. The van der Waals surface area contributed by atoms with Crippen LogP contribution in [0.15, 0.2) is 72.8 Å². The minimum Gasteiger partial charge on any atom is -0.426 e. The molecule has 0 bridgehead atoms. The third-order valence-corrected chi connectivity index (χ3v) is 10.5. The number of hydrogen-bond acceptors (Lipinski definition) is 4. The van der Waals surface area contributed by atoms with Crippen molar-refractivity contribution in [2.24, 2.45) is 0 Å². The Morgan fingerprint density at radius 3 is 1.93 bits per heavy atom. The Labute approximate surface area is 174 Å². The van der Waals surface area contributed by atoms with Gasteiger partial charge < -0.3 is 13.9 Å². The van der Waals surface area contributed by atoms with Crippen LogP contribution < -0.4 is 10.4 Å². The topological polar surface area (TPSA) is 44.8 Å². The highest BCUT2D eigenvalue weighted by Crippen LogP contribution is 2.37. The molecule has 1 aliphatic heterocycles. The summed E-state index contributed by atoms with van der Waals surface area (Å²) < 4.78 is 17.7. The highest BCUT2D eigenvalue weighted by atomic mass is 28.4. The van der Waals surface area contributed by atoms with Crippen LogP contribution in [0.3, 0.4) is 0 Å². The van der Waals surface area contributed by atoms with Crippen LogP contribution in [-0.4, -0.2) is 33.8 Å². The second-order valence-corrected chi connectivity index (χ2v) is 12.7. The molecule has 1 aliphatic rings. The van der Waals surface area contributed by atoms with E-state index in [4.69, 9.17) is 13.9 Å². The number of ether oxygens (including phenoxy) is 2. The lowest BCUT2D eigenvalue weighted by molar-refractivity contribution is -0.191. The Bertz CT molecular complexity index is 803. The van der Waals surface area contributed by atoms with E-state index in [1.807, 2.05) is 12.1 Å². The third kappa shape index (κ3) is 4.37. The first-order valence-electron chi connectivity index (χ1n) is 10.1. The molecule has 2 aromatic carbocycles. The van der Waals surface area contributed by atoms with Crippen molar-refractivity contribution < 1.29 is 18.7 Å². The molecule has 0 aromatic heterocycles. The summed E-state index contributed by atoms with van der Waals surface area (Å²) in [6, 6.07) is 21.1.